The van der Waals surface area contributed by atoms with Crippen molar-refractivity contribution in [1.82, 2.24) is 5.01 Å². The fourth-order valence-electron chi connectivity index (χ4n) is 2.55. The van der Waals surface area contributed by atoms with Crippen LogP contribution in [0.5, 0.6) is 0 Å². The van der Waals surface area contributed by atoms with Gasteiger partial charge in [0, 0.05) is 12.1 Å². The first kappa shape index (κ1) is 17.6. The monoisotopic (exact) mass is 377 g/mol. The van der Waals surface area contributed by atoms with Gasteiger partial charge >= 0.3 is 0 Å². The molecule has 0 spiro atoms. The number of halogens is 1. The summed E-state index contributed by atoms with van der Waals surface area (Å²) in [4.78, 5) is 12.7. The highest BCUT2D eigenvalue weighted by Crippen LogP contribution is 2.25. The summed E-state index contributed by atoms with van der Waals surface area (Å²) >= 11 is 5.79. The Morgan fingerprint density at radius 1 is 1.04 bits per heavy atom. The van der Waals surface area contributed by atoms with E-state index in [1.165, 1.54) is 29.3 Å². The first-order valence-electron chi connectivity index (χ1n) is 7.54. The predicted octanol–water partition coefficient (Wildman–Crippen LogP) is 2.75. The topological polar surface area (TPSA) is 70.0 Å². The Balaban J connectivity index is 2.00. The molecule has 1 unspecified atom stereocenters. The summed E-state index contributed by atoms with van der Waals surface area (Å²) in [7, 11) is -2.28. The zero-order valence-electron chi connectivity index (χ0n) is 13.6. The van der Waals surface area contributed by atoms with Crippen LogP contribution in [0.15, 0.2) is 63.9 Å². The Morgan fingerprint density at radius 2 is 1.64 bits per heavy atom. The standard InChI is InChI=1S/C17H16ClN3O3S/c1-12-16(19-25(23,24)15-10-8-13(18)9-11-15)17(22)21(20(12)2)14-6-4-3-5-7-14/h3-12H,1-2H3. The molecule has 0 aliphatic carbocycles. The van der Waals surface area contributed by atoms with E-state index in [9.17, 15) is 13.2 Å². The quantitative estimate of drug-likeness (QED) is 0.824. The lowest BCUT2D eigenvalue weighted by molar-refractivity contribution is -0.113. The van der Waals surface area contributed by atoms with Gasteiger partial charge < -0.3 is 0 Å². The van der Waals surface area contributed by atoms with Gasteiger partial charge in [0.05, 0.1) is 16.6 Å². The van der Waals surface area contributed by atoms with Crippen LogP contribution in [0.2, 0.25) is 5.02 Å². The van der Waals surface area contributed by atoms with E-state index in [0.717, 1.165) is 0 Å². The summed E-state index contributed by atoms with van der Waals surface area (Å²) in [6, 6.07) is 14.2. The summed E-state index contributed by atoms with van der Waals surface area (Å²) in [5.74, 6) is -0.460. The Bertz CT molecular complexity index is 927. The van der Waals surface area contributed by atoms with Crippen molar-refractivity contribution in [3.05, 3.63) is 59.6 Å². The zero-order chi connectivity index (χ0) is 18.2. The molecule has 0 bridgehead atoms. The number of rotatable bonds is 3. The Labute approximate surface area is 151 Å². The molecule has 0 aromatic heterocycles. The molecule has 1 saturated heterocycles. The van der Waals surface area contributed by atoms with Crippen molar-refractivity contribution in [1.29, 1.82) is 0 Å². The SMILES string of the molecule is CC1C(=NS(=O)(=O)c2ccc(Cl)cc2)C(=O)N(c2ccccc2)N1C. The number of hydrogen-bond acceptors (Lipinski definition) is 4. The summed E-state index contributed by atoms with van der Waals surface area (Å²) in [5, 5.41) is 3.50. The molecule has 1 aliphatic heterocycles. The van der Waals surface area contributed by atoms with Gasteiger partial charge in [0.25, 0.3) is 15.9 Å². The lowest BCUT2D eigenvalue weighted by Crippen LogP contribution is -2.38. The molecular weight excluding hydrogens is 362 g/mol. The van der Waals surface area contributed by atoms with E-state index in [2.05, 4.69) is 4.40 Å². The van der Waals surface area contributed by atoms with E-state index in [1.54, 1.807) is 43.2 Å². The normalized spacial score (nSPS) is 20.4. The van der Waals surface area contributed by atoms with Gasteiger partial charge in [-0.3, -0.25) is 4.79 Å². The summed E-state index contributed by atoms with van der Waals surface area (Å²) < 4.78 is 28.9. The third kappa shape index (κ3) is 3.30. The molecular formula is C17H16ClN3O3S. The van der Waals surface area contributed by atoms with Crippen molar-refractivity contribution < 1.29 is 13.2 Å². The second-order valence-corrected chi connectivity index (χ2v) is 7.65. The molecule has 0 saturated carbocycles. The van der Waals surface area contributed by atoms with E-state index >= 15 is 0 Å². The predicted molar refractivity (Wildman–Crippen MR) is 97.2 cm³/mol. The van der Waals surface area contributed by atoms with Crippen molar-refractivity contribution >= 4 is 38.9 Å². The molecule has 8 heteroatoms. The Kier molecular flexibility index (Phi) is 4.64. The van der Waals surface area contributed by atoms with Gasteiger partial charge in [-0.2, -0.15) is 12.8 Å². The molecule has 1 atom stereocenters. The van der Waals surface area contributed by atoms with Crippen molar-refractivity contribution in [3.63, 3.8) is 0 Å². The van der Waals surface area contributed by atoms with E-state index < -0.39 is 22.0 Å². The van der Waals surface area contributed by atoms with Crippen LogP contribution in [0.1, 0.15) is 6.92 Å². The lowest BCUT2D eigenvalue weighted by Gasteiger charge is -2.25. The van der Waals surface area contributed by atoms with Crippen LogP contribution in [-0.2, 0) is 14.8 Å². The summed E-state index contributed by atoms with van der Waals surface area (Å²) in [6.45, 7) is 1.73. The number of nitrogens with zero attached hydrogens (tertiary/aromatic N) is 3. The maximum Gasteiger partial charge on any atom is 0.289 e. The smallest absolute Gasteiger partial charge is 0.266 e. The maximum atomic E-state index is 12.8. The van der Waals surface area contributed by atoms with E-state index in [-0.39, 0.29) is 10.6 Å². The lowest BCUT2D eigenvalue weighted by atomic mass is 10.2. The van der Waals surface area contributed by atoms with Gasteiger partial charge in [-0.15, -0.1) is 0 Å². The van der Waals surface area contributed by atoms with Crippen LogP contribution >= 0.6 is 11.6 Å². The summed E-state index contributed by atoms with van der Waals surface area (Å²) in [5.41, 5.74) is 0.622. The molecule has 1 amide bonds. The molecule has 2 aromatic rings. The first-order valence-corrected chi connectivity index (χ1v) is 9.36. The van der Waals surface area contributed by atoms with Crippen molar-refractivity contribution in [2.75, 3.05) is 12.1 Å². The van der Waals surface area contributed by atoms with Crippen LogP contribution in [-0.4, -0.2) is 38.1 Å². The van der Waals surface area contributed by atoms with Gasteiger partial charge in [-0.1, -0.05) is 29.8 Å². The second-order valence-electron chi connectivity index (χ2n) is 5.61. The van der Waals surface area contributed by atoms with Crippen LogP contribution in [0.3, 0.4) is 0 Å². The Hall–Kier alpha value is -2.22. The molecule has 0 radical (unpaired) electrons. The highest BCUT2D eigenvalue weighted by molar-refractivity contribution is 7.90. The second kappa shape index (κ2) is 6.59. The van der Waals surface area contributed by atoms with Crippen LogP contribution < -0.4 is 5.01 Å². The average Bonchev–Trinajstić information content (AvgIpc) is 2.79. The molecule has 25 heavy (non-hydrogen) atoms. The number of amides is 1. The number of carbonyl (C=O) groups excluding carboxylic acids is 1. The summed E-state index contributed by atoms with van der Waals surface area (Å²) in [6.07, 6.45) is 0. The number of sulfonamides is 1. The van der Waals surface area contributed by atoms with E-state index in [0.29, 0.717) is 10.7 Å². The third-order valence-corrected chi connectivity index (χ3v) is 5.57. The molecule has 6 nitrogen and oxygen atoms in total. The number of hydrazine groups is 1. The highest BCUT2D eigenvalue weighted by Gasteiger charge is 2.41. The number of carbonyl (C=O) groups is 1. The van der Waals surface area contributed by atoms with Crippen molar-refractivity contribution in [3.8, 4) is 0 Å². The largest absolute Gasteiger partial charge is 0.289 e. The number of para-hydroxylation sites is 1. The van der Waals surface area contributed by atoms with E-state index in [1.807, 2.05) is 6.07 Å². The van der Waals surface area contributed by atoms with Gasteiger partial charge in [0.1, 0.15) is 5.71 Å². The minimum atomic E-state index is -4.00. The van der Waals surface area contributed by atoms with Crippen molar-refractivity contribution in [2.45, 2.75) is 17.9 Å². The van der Waals surface area contributed by atoms with E-state index in [4.69, 9.17) is 11.6 Å². The fourth-order valence-corrected chi connectivity index (χ4v) is 3.75. The highest BCUT2D eigenvalue weighted by atomic mass is 35.5. The fraction of sp³-hybridized carbons (Fsp3) is 0.176. The number of benzene rings is 2. The van der Waals surface area contributed by atoms with Gasteiger partial charge in [-0.25, -0.2) is 10.0 Å². The van der Waals surface area contributed by atoms with Crippen molar-refractivity contribution in [2.24, 2.45) is 4.40 Å². The molecule has 1 fully saturated rings. The average molecular weight is 378 g/mol. The maximum absolute atomic E-state index is 12.8. The van der Waals surface area contributed by atoms with Crippen LogP contribution in [0.25, 0.3) is 0 Å². The van der Waals surface area contributed by atoms with Crippen LogP contribution in [0.4, 0.5) is 5.69 Å². The number of anilines is 1. The number of hydrogen-bond donors (Lipinski definition) is 0. The first-order chi connectivity index (χ1) is 11.8. The molecule has 0 N–H and O–H groups in total. The molecule has 1 aliphatic rings. The molecule has 1 heterocycles. The third-order valence-electron chi connectivity index (χ3n) is 4.01. The molecule has 3 rings (SSSR count). The zero-order valence-corrected chi connectivity index (χ0v) is 15.2. The molecule has 2 aromatic carbocycles. The van der Waals surface area contributed by atoms with Gasteiger partial charge in [0.15, 0.2) is 0 Å². The minimum Gasteiger partial charge on any atom is -0.266 e. The Morgan fingerprint density at radius 3 is 2.24 bits per heavy atom. The minimum absolute atomic E-state index is 0.00906. The van der Waals surface area contributed by atoms with Gasteiger partial charge in [0.2, 0.25) is 0 Å². The van der Waals surface area contributed by atoms with Crippen LogP contribution in [0, 0.1) is 0 Å². The van der Waals surface area contributed by atoms with Gasteiger partial charge in [-0.05, 0) is 43.3 Å². The molecule has 130 valence electrons.